The van der Waals surface area contributed by atoms with Crippen LogP contribution in [0.5, 0.6) is 0 Å². The number of carboxylic acid groups (broad SMARTS) is 3. The van der Waals surface area contributed by atoms with E-state index in [0.717, 1.165) is 0 Å². The third-order valence-corrected chi connectivity index (χ3v) is 3.10. The molecule has 0 aliphatic heterocycles. The molecule has 0 aliphatic rings. The molecule has 7 heteroatoms. The molecule has 2 aromatic rings. The molecule has 0 aromatic heterocycles. The summed E-state index contributed by atoms with van der Waals surface area (Å²) in [5.41, 5.74) is -1.78. The molecule has 0 unspecified atom stereocenters. The minimum Gasteiger partial charge on any atom is -0.478 e. The van der Waals surface area contributed by atoms with Crippen LogP contribution in [0.4, 0.5) is 0 Å². The van der Waals surface area contributed by atoms with E-state index in [2.05, 4.69) is 6.58 Å². The second kappa shape index (κ2) is 6.59. The van der Waals surface area contributed by atoms with Crippen molar-refractivity contribution in [1.82, 2.24) is 0 Å². The number of aromatic carboxylic acids is 3. The maximum absolute atomic E-state index is 11.4. The van der Waals surface area contributed by atoms with Gasteiger partial charge in [-0.25, -0.2) is 14.4 Å². The number of benzene rings is 2. The quantitative estimate of drug-likeness (QED) is 0.746. The van der Waals surface area contributed by atoms with Crippen LogP contribution in [0.2, 0.25) is 0 Å². The Kier molecular flexibility index (Phi) is 5.29. The van der Waals surface area contributed by atoms with Crippen molar-refractivity contribution in [2.24, 2.45) is 0 Å². The summed E-state index contributed by atoms with van der Waals surface area (Å²) in [6, 6.07) is 6.11. The molecule has 2 aromatic carbocycles. The Balaban J connectivity index is 0.00000242. The first kappa shape index (κ1) is 17.7. The largest absolute Gasteiger partial charge is 0.478 e. The summed E-state index contributed by atoms with van der Waals surface area (Å²) in [4.78, 5) is 34.3. The Morgan fingerprint density at radius 2 is 1.27 bits per heavy atom. The van der Waals surface area contributed by atoms with Gasteiger partial charge in [0.1, 0.15) is 0 Å². The van der Waals surface area contributed by atoms with Crippen LogP contribution in [0.1, 0.15) is 36.6 Å². The van der Waals surface area contributed by atoms with E-state index in [4.69, 9.17) is 0 Å². The topological polar surface area (TPSA) is 112 Å². The second-order valence-corrected chi connectivity index (χ2v) is 4.20. The van der Waals surface area contributed by atoms with Crippen LogP contribution >= 0.6 is 0 Å². The molecule has 0 heterocycles. The maximum atomic E-state index is 11.4. The van der Waals surface area contributed by atoms with Crippen molar-refractivity contribution in [1.29, 1.82) is 0 Å². The Labute approximate surface area is 140 Å². The van der Waals surface area contributed by atoms with E-state index in [1.54, 1.807) is 12.1 Å². The molecule has 0 saturated carbocycles. The minimum atomic E-state index is -1.61. The summed E-state index contributed by atoms with van der Waals surface area (Å²) < 4.78 is 0. The molecule has 108 valence electrons. The molecule has 2 radical (unpaired) electrons. The first-order valence-electron chi connectivity index (χ1n) is 5.81. The number of carbonyl (C=O) groups is 3. The lowest BCUT2D eigenvalue weighted by atomic mass is 9.89. The van der Waals surface area contributed by atoms with Crippen LogP contribution in [0.25, 0.3) is 16.8 Å². The Morgan fingerprint density at radius 1 is 0.818 bits per heavy atom. The highest BCUT2D eigenvalue weighted by Gasteiger charge is 2.29. The van der Waals surface area contributed by atoms with E-state index in [1.807, 2.05) is 0 Å². The standard InChI is InChI=1S/C15H10O6.Mg/c1-2-7-8-5-3-4-6-9(8)11(14(18)19)12(15(20)21)10(7)13(16)17;/h2-6H,1H2,(H,16,17)(H,18,19)(H,20,21);. The van der Waals surface area contributed by atoms with Crippen molar-refractivity contribution < 1.29 is 29.7 Å². The van der Waals surface area contributed by atoms with Gasteiger partial charge >= 0.3 is 17.9 Å². The van der Waals surface area contributed by atoms with Gasteiger partial charge in [0, 0.05) is 23.1 Å². The zero-order valence-electron chi connectivity index (χ0n) is 11.4. The van der Waals surface area contributed by atoms with Crippen LogP contribution in [-0.4, -0.2) is 56.3 Å². The molecule has 0 spiro atoms. The monoisotopic (exact) mass is 310 g/mol. The highest BCUT2D eigenvalue weighted by molar-refractivity contribution is 6.19. The number of hydrogen-bond donors (Lipinski definition) is 3. The smallest absolute Gasteiger partial charge is 0.337 e. The van der Waals surface area contributed by atoms with Crippen LogP contribution in [0, 0.1) is 0 Å². The number of rotatable bonds is 4. The van der Waals surface area contributed by atoms with Gasteiger partial charge in [0.05, 0.1) is 16.7 Å². The summed E-state index contributed by atoms with van der Waals surface area (Å²) in [7, 11) is 0. The Bertz CT molecular complexity index is 809. The van der Waals surface area contributed by atoms with Crippen LogP contribution in [-0.2, 0) is 0 Å². The summed E-state index contributed by atoms with van der Waals surface area (Å²) in [6.07, 6.45) is 1.21. The Morgan fingerprint density at radius 3 is 1.68 bits per heavy atom. The minimum absolute atomic E-state index is 0. The lowest BCUT2D eigenvalue weighted by molar-refractivity contribution is 0.0634. The average molecular weight is 311 g/mol. The molecule has 0 fully saturated rings. The zero-order chi connectivity index (χ0) is 15.7. The fourth-order valence-corrected chi connectivity index (χ4v) is 2.34. The van der Waals surface area contributed by atoms with Crippen molar-refractivity contribution >= 4 is 57.8 Å². The van der Waals surface area contributed by atoms with Gasteiger partial charge in [-0.2, -0.15) is 0 Å². The molecule has 3 N–H and O–H groups in total. The SMILES string of the molecule is C=Cc1c(C(=O)O)c(C(=O)O)c(C(=O)O)c2ccccc12.[Mg]. The van der Waals surface area contributed by atoms with Gasteiger partial charge in [-0.05, 0) is 16.3 Å². The second-order valence-electron chi connectivity index (χ2n) is 4.20. The molecule has 0 amide bonds. The highest BCUT2D eigenvalue weighted by Crippen LogP contribution is 2.32. The summed E-state index contributed by atoms with van der Waals surface area (Å²) in [5, 5.41) is 28.3. The van der Waals surface area contributed by atoms with E-state index in [9.17, 15) is 29.7 Å². The number of hydrogen-bond acceptors (Lipinski definition) is 3. The molecule has 6 nitrogen and oxygen atoms in total. The molecule has 2 rings (SSSR count). The average Bonchev–Trinajstić information content (AvgIpc) is 2.43. The first-order chi connectivity index (χ1) is 9.90. The zero-order valence-corrected chi connectivity index (χ0v) is 12.8. The molecule has 0 saturated heterocycles. The molecular formula is C15H10MgO6. The maximum Gasteiger partial charge on any atom is 0.337 e. The van der Waals surface area contributed by atoms with E-state index in [0.29, 0.717) is 5.39 Å². The van der Waals surface area contributed by atoms with E-state index >= 15 is 0 Å². The molecule has 0 bridgehead atoms. The lowest BCUT2D eigenvalue weighted by Gasteiger charge is -2.14. The summed E-state index contributed by atoms with van der Waals surface area (Å²) in [6.45, 7) is 3.50. The van der Waals surface area contributed by atoms with Gasteiger partial charge in [-0.3, -0.25) is 0 Å². The highest BCUT2D eigenvalue weighted by atomic mass is 24.3. The van der Waals surface area contributed by atoms with Crippen molar-refractivity contribution in [3.05, 3.63) is 53.1 Å². The fourth-order valence-electron chi connectivity index (χ4n) is 2.34. The van der Waals surface area contributed by atoms with Crippen LogP contribution in [0.3, 0.4) is 0 Å². The summed E-state index contributed by atoms with van der Waals surface area (Å²) >= 11 is 0. The van der Waals surface area contributed by atoms with Gasteiger partial charge < -0.3 is 15.3 Å². The number of carboxylic acids is 3. The predicted molar refractivity (Wildman–Crippen MR) is 80.7 cm³/mol. The third-order valence-electron chi connectivity index (χ3n) is 3.10. The van der Waals surface area contributed by atoms with Gasteiger partial charge in [-0.1, -0.05) is 36.9 Å². The fraction of sp³-hybridized carbons (Fsp3) is 0. The first-order valence-corrected chi connectivity index (χ1v) is 5.81. The van der Waals surface area contributed by atoms with Crippen molar-refractivity contribution in [2.75, 3.05) is 0 Å². The molecular weight excluding hydrogens is 300 g/mol. The lowest BCUT2D eigenvalue weighted by Crippen LogP contribution is -2.17. The van der Waals surface area contributed by atoms with Crippen LogP contribution in [0.15, 0.2) is 30.8 Å². The predicted octanol–water partition coefficient (Wildman–Crippen LogP) is 2.20. The van der Waals surface area contributed by atoms with Gasteiger partial charge in [0.25, 0.3) is 0 Å². The molecule has 22 heavy (non-hydrogen) atoms. The van der Waals surface area contributed by atoms with Crippen molar-refractivity contribution in [2.45, 2.75) is 0 Å². The van der Waals surface area contributed by atoms with Crippen molar-refractivity contribution in [3.63, 3.8) is 0 Å². The van der Waals surface area contributed by atoms with E-state index < -0.39 is 34.6 Å². The van der Waals surface area contributed by atoms with Gasteiger partial charge in [0.15, 0.2) is 0 Å². The number of fused-ring (bicyclic) bond motifs is 1. The third kappa shape index (κ3) is 2.68. The van der Waals surface area contributed by atoms with Crippen LogP contribution < -0.4 is 0 Å². The van der Waals surface area contributed by atoms with E-state index in [1.165, 1.54) is 18.2 Å². The van der Waals surface area contributed by atoms with Crippen molar-refractivity contribution in [3.8, 4) is 0 Å². The van der Waals surface area contributed by atoms with E-state index in [-0.39, 0.29) is 34.0 Å². The van der Waals surface area contributed by atoms with Gasteiger partial charge in [0.2, 0.25) is 0 Å². The Hall–Kier alpha value is -2.38. The van der Waals surface area contributed by atoms with Gasteiger partial charge in [-0.15, -0.1) is 0 Å². The normalized spacial score (nSPS) is 9.82. The summed E-state index contributed by atoms with van der Waals surface area (Å²) in [5.74, 6) is -4.63. The molecule has 0 aliphatic carbocycles. The molecule has 0 atom stereocenters.